The molecule has 0 aromatic carbocycles. The highest BCUT2D eigenvalue weighted by atomic mass is 16.5. The lowest BCUT2D eigenvalue weighted by molar-refractivity contribution is -0.150. The number of methoxy groups -OCH3 is 1. The van der Waals surface area contributed by atoms with E-state index in [1.165, 1.54) is 7.11 Å². The molecular formula is C13H23NO3. The summed E-state index contributed by atoms with van der Waals surface area (Å²) >= 11 is 0. The second-order valence-corrected chi connectivity index (χ2v) is 5.20. The van der Waals surface area contributed by atoms with Crippen molar-refractivity contribution in [2.24, 2.45) is 5.92 Å². The van der Waals surface area contributed by atoms with Gasteiger partial charge in [-0.2, -0.15) is 0 Å². The number of ether oxygens (including phenoxy) is 1. The maximum atomic E-state index is 11.8. The number of carbonyl (C=O) groups is 2. The molecule has 0 saturated carbocycles. The Balaban J connectivity index is 2.64. The maximum absolute atomic E-state index is 11.8. The summed E-state index contributed by atoms with van der Waals surface area (Å²) in [7, 11) is 1.38. The summed E-state index contributed by atoms with van der Waals surface area (Å²) in [4.78, 5) is 25.1. The number of hydrogen-bond donors (Lipinski definition) is 0. The standard InChI is InChI=1S/C13H23NO3/c1-9(2)5-6-10(3)14-11(13(16)17-4)7-8-12(14)15/h9-11H,5-8H2,1-4H3. The molecule has 0 N–H and O–H groups in total. The van der Waals surface area contributed by atoms with Gasteiger partial charge in [0.05, 0.1) is 7.11 Å². The molecule has 0 aliphatic carbocycles. The number of amides is 1. The molecule has 1 aliphatic heterocycles. The van der Waals surface area contributed by atoms with Crippen molar-refractivity contribution in [2.75, 3.05) is 7.11 Å². The first-order valence-corrected chi connectivity index (χ1v) is 6.36. The molecular weight excluding hydrogens is 218 g/mol. The Morgan fingerprint density at radius 3 is 2.59 bits per heavy atom. The Bertz CT molecular complexity index is 288. The predicted molar refractivity (Wildman–Crippen MR) is 65.4 cm³/mol. The molecule has 1 rings (SSSR count). The number of esters is 1. The lowest BCUT2D eigenvalue weighted by Gasteiger charge is -2.29. The molecule has 1 amide bonds. The van der Waals surface area contributed by atoms with Gasteiger partial charge in [-0.3, -0.25) is 4.79 Å². The highest BCUT2D eigenvalue weighted by Crippen LogP contribution is 2.25. The van der Waals surface area contributed by atoms with Crippen LogP contribution in [0.5, 0.6) is 0 Å². The number of likely N-dealkylation sites (tertiary alicyclic amines) is 1. The summed E-state index contributed by atoms with van der Waals surface area (Å²) in [6, 6.07) is -0.244. The average Bonchev–Trinajstić information content (AvgIpc) is 2.67. The molecule has 0 bridgehead atoms. The third-order valence-electron chi connectivity index (χ3n) is 3.37. The molecule has 4 heteroatoms. The van der Waals surface area contributed by atoms with Gasteiger partial charge < -0.3 is 9.64 Å². The Hall–Kier alpha value is -1.06. The average molecular weight is 241 g/mol. The zero-order chi connectivity index (χ0) is 13.0. The van der Waals surface area contributed by atoms with E-state index >= 15 is 0 Å². The van der Waals surface area contributed by atoms with Crippen molar-refractivity contribution in [1.29, 1.82) is 0 Å². The van der Waals surface area contributed by atoms with Gasteiger partial charge in [0, 0.05) is 12.5 Å². The van der Waals surface area contributed by atoms with Crippen LogP contribution in [0.3, 0.4) is 0 Å². The van der Waals surface area contributed by atoms with Crippen LogP contribution in [0.2, 0.25) is 0 Å². The van der Waals surface area contributed by atoms with Gasteiger partial charge in [-0.25, -0.2) is 4.79 Å². The number of nitrogens with zero attached hydrogens (tertiary/aromatic N) is 1. The third kappa shape index (κ3) is 3.45. The quantitative estimate of drug-likeness (QED) is 0.691. The largest absolute Gasteiger partial charge is 0.467 e. The first-order valence-electron chi connectivity index (χ1n) is 6.36. The van der Waals surface area contributed by atoms with Crippen LogP contribution in [0.15, 0.2) is 0 Å². The van der Waals surface area contributed by atoms with Crippen LogP contribution in [0.4, 0.5) is 0 Å². The fourth-order valence-electron chi connectivity index (χ4n) is 2.34. The molecule has 1 heterocycles. The topological polar surface area (TPSA) is 46.6 Å². The summed E-state index contributed by atoms with van der Waals surface area (Å²) in [5.74, 6) is 0.413. The van der Waals surface area contributed by atoms with E-state index in [0.717, 1.165) is 12.8 Å². The molecule has 1 saturated heterocycles. The molecule has 4 nitrogen and oxygen atoms in total. The minimum atomic E-state index is -0.366. The highest BCUT2D eigenvalue weighted by molar-refractivity contribution is 5.88. The number of hydrogen-bond acceptors (Lipinski definition) is 3. The fraction of sp³-hybridized carbons (Fsp3) is 0.846. The van der Waals surface area contributed by atoms with Gasteiger partial charge in [0.2, 0.25) is 5.91 Å². The summed E-state index contributed by atoms with van der Waals surface area (Å²) in [5, 5.41) is 0. The van der Waals surface area contributed by atoms with E-state index in [1.54, 1.807) is 4.90 Å². The Morgan fingerprint density at radius 2 is 2.06 bits per heavy atom. The first-order chi connectivity index (χ1) is 7.97. The zero-order valence-corrected chi connectivity index (χ0v) is 11.2. The zero-order valence-electron chi connectivity index (χ0n) is 11.2. The van der Waals surface area contributed by atoms with Crippen molar-refractivity contribution in [2.45, 2.75) is 58.5 Å². The van der Waals surface area contributed by atoms with Crippen molar-refractivity contribution < 1.29 is 14.3 Å². The van der Waals surface area contributed by atoms with Gasteiger partial charge in [0.25, 0.3) is 0 Å². The Kier molecular flexibility index (Phi) is 4.97. The van der Waals surface area contributed by atoms with E-state index in [1.807, 2.05) is 6.92 Å². The summed E-state index contributed by atoms with van der Waals surface area (Å²) in [6.45, 7) is 6.34. The van der Waals surface area contributed by atoms with Crippen molar-refractivity contribution in [1.82, 2.24) is 4.90 Å². The van der Waals surface area contributed by atoms with E-state index in [-0.39, 0.29) is 24.0 Å². The van der Waals surface area contributed by atoms with Gasteiger partial charge in [0.1, 0.15) is 6.04 Å². The minimum Gasteiger partial charge on any atom is -0.467 e. The predicted octanol–water partition coefficient (Wildman–Crippen LogP) is 1.98. The second kappa shape index (κ2) is 6.03. The van der Waals surface area contributed by atoms with E-state index in [0.29, 0.717) is 18.8 Å². The molecule has 0 aromatic heterocycles. The number of carbonyl (C=O) groups excluding carboxylic acids is 2. The monoisotopic (exact) mass is 241 g/mol. The van der Waals surface area contributed by atoms with Crippen LogP contribution >= 0.6 is 0 Å². The SMILES string of the molecule is COC(=O)C1CCC(=O)N1C(C)CCC(C)C. The normalized spacial score (nSPS) is 22.1. The van der Waals surface area contributed by atoms with Gasteiger partial charge >= 0.3 is 5.97 Å². The summed E-state index contributed by atoms with van der Waals surface area (Å²) < 4.78 is 4.76. The van der Waals surface area contributed by atoms with Crippen LogP contribution in [-0.2, 0) is 14.3 Å². The van der Waals surface area contributed by atoms with Crippen LogP contribution in [-0.4, -0.2) is 36.0 Å². The lowest BCUT2D eigenvalue weighted by atomic mass is 10.0. The maximum Gasteiger partial charge on any atom is 0.328 e. The molecule has 1 fully saturated rings. The Labute approximate surface area is 103 Å². The van der Waals surface area contributed by atoms with Crippen LogP contribution < -0.4 is 0 Å². The number of rotatable bonds is 5. The molecule has 17 heavy (non-hydrogen) atoms. The van der Waals surface area contributed by atoms with Gasteiger partial charge in [-0.1, -0.05) is 13.8 Å². The van der Waals surface area contributed by atoms with Crippen molar-refractivity contribution in [3.63, 3.8) is 0 Å². The molecule has 2 unspecified atom stereocenters. The summed E-state index contributed by atoms with van der Waals surface area (Å²) in [5.41, 5.74) is 0. The molecule has 0 aromatic rings. The smallest absolute Gasteiger partial charge is 0.328 e. The second-order valence-electron chi connectivity index (χ2n) is 5.20. The Morgan fingerprint density at radius 1 is 1.41 bits per heavy atom. The molecule has 98 valence electrons. The summed E-state index contributed by atoms with van der Waals surface area (Å²) in [6.07, 6.45) is 3.07. The van der Waals surface area contributed by atoms with Crippen LogP contribution in [0.25, 0.3) is 0 Å². The first kappa shape index (κ1) is 14.0. The van der Waals surface area contributed by atoms with Crippen LogP contribution in [0.1, 0.15) is 46.5 Å². The van der Waals surface area contributed by atoms with Gasteiger partial charge in [-0.15, -0.1) is 0 Å². The molecule has 0 radical (unpaired) electrons. The van der Waals surface area contributed by atoms with E-state index in [4.69, 9.17) is 4.74 Å². The van der Waals surface area contributed by atoms with Crippen molar-refractivity contribution in [3.8, 4) is 0 Å². The van der Waals surface area contributed by atoms with Gasteiger partial charge in [0.15, 0.2) is 0 Å². The van der Waals surface area contributed by atoms with E-state index in [9.17, 15) is 9.59 Å². The van der Waals surface area contributed by atoms with E-state index in [2.05, 4.69) is 13.8 Å². The van der Waals surface area contributed by atoms with Crippen molar-refractivity contribution >= 4 is 11.9 Å². The van der Waals surface area contributed by atoms with Crippen molar-refractivity contribution in [3.05, 3.63) is 0 Å². The minimum absolute atomic E-state index is 0.0802. The van der Waals surface area contributed by atoms with Gasteiger partial charge in [-0.05, 0) is 32.1 Å². The van der Waals surface area contributed by atoms with E-state index < -0.39 is 0 Å². The third-order valence-corrected chi connectivity index (χ3v) is 3.37. The fourth-order valence-corrected chi connectivity index (χ4v) is 2.34. The lowest BCUT2D eigenvalue weighted by Crippen LogP contribution is -2.44. The molecule has 0 spiro atoms. The van der Waals surface area contributed by atoms with Crippen LogP contribution in [0, 0.1) is 5.92 Å². The molecule has 2 atom stereocenters. The molecule has 1 aliphatic rings. The highest BCUT2D eigenvalue weighted by Gasteiger charge is 2.39.